The Morgan fingerprint density at radius 1 is 1.04 bits per heavy atom. The zero-order valence-corrected chi connectivity index (χ0v) is 13.8. The quantitative estimate of drug-likeness (QED) is 0.773. The summed E-state index contributed by atoms with van der Waals surface area (Å²) in [7, 11) is 0. The summed E-state index contributed by atoms with van der Waals surface area (Å²) in [6.07, 6.45) is 1.09. The van der Waals surface area contributed by atoms with E-state index >= 15 is 0 Å². The first-order valence-electron chi connectivity index (χ1n) is 8.42. The van der Waals surface area contributed by atoms with E-state index in [4.69, 9.17) is 0 Å². The monoisotopic (exact) mass is 316 g/mol. The lowest BCUT2D eigenvalue weighted by atomic mass is 10.1. The molecule has 3 aromatic carbocycles. The van der Waals surface area contributed by atoms with Crippen LogP contribution in [0.1, 0.15) is 22.8 Å². The molecule has 4 rings (SSSR count). The van der Waals surface area contributed by atoms with Crippen LogP contribution in [0.3, 0.4) is 0 Å². The summed E-state index contributed by atoms with van der Waals surface area (Å²) in [5.74, 6) is -0.0678. The van der Waals surface area contributed by atoms with E-state index < -0.39 is 0 Å². The molecule has 3 nitrogen and oxygen atoms in total. The number of carbonyl (C=O) groups is 1. The number of hydrogen-bond acceptors (Lipinski definition) is 2. The molecule has 24 heavy (non-hydrogen) atoms. The molecule has 0 radical (unpaired) electrons. The van der Waals surface area contributed by atoms with Crippen molar-refractivity contribution in [1.29, 1.82) is 0 Å². The van der Waals surface area contributed by atoms with Gasteiger partial charge in [-0.15, -0.1) is 0 Å². The van der Waals surface area contributed by atoms with Crippen LogP contribution in [0.5, 0.6) is 0 Å². The van der Waals surface area contributed by atoms with Crippen LogP contribution in [0.4, 0.5) is 11.4 Å². The number of benzene rings is 3. The third-order valence-electron chi connectivity index (χ3n) is 4.73. The zero-order valence-electron chi connectivity index (χ0n) is 13.8. The Morgan fingerprint density at radius 2 is 1.88 bits per heavy atom. The average Bonchev–Trinajstić information content (AvgIpc) is 3.03. The Bertz CT molecular complexity index is 917. The fraction of sp³-hybridized carbons (Fsp3) is 0.190. The molecular formula is C21H20N2O. The average molecular weight is 316 g/mol. The molecule has 0 saturated heterocycles. The summed E-state index contributed by atoms with van der Waals surface area (Å²) in [6.45, 7) is 4.22. The first kappa shape index (κ1) is 14.8. The van der Waals surface area contributed by atoms with E-state index in [9.17, 15) is 4.79 Å². The van der Waals surface area contributed by atoms with Crippen LogP contribution in [0.15, 0.2) is 60.7 Å². The summed E-state index contributed by atoms with van der Waals surface area (Å²) >= 11 is 0. The van der Waals surface area contributed by atoms with Crippen molar-refractivity contribution in [2.45, 2.75) is 13.3 Å². The van der Waals surface area contributed by atoms with Gasteiger partial charge in [0.1, 0.15) is 0 Å². The van der Waals surface area contributed by atoms with Crippen LogP contribution in [-0.4, -0.2) is 19.0 Å². The standard InChI is InChI=1S/C21H20N2O/c1-2-23-12-11-16-9-10-19(14-20(16)23)22-21(24)18-8-7-15-5-3-4-6-17(15)13-18/h3-10,13-14H,2,11-12H2,1H3,(H,22,24). The lowest BCUT2D eigenvalue weighted by molar-refractivity contribution is 0.102. The molecule has 0 atom stereocenters. The van der Waals surface area contributed by atoms with Crippen LogP contribution < -0.4 is 10.2 Å². The van der Waals surface area contributed by atoms with Gasteiger partial charge in [-0.25, -0.2) is 0 Å². The second-order valence-electron chi connectivity index (χ2n) is 6.19. The number of rotatable bonds is 3. The van der Waals surface area contributed by atoms with Crippen LogP contribution >= 0.6 is 0 Å². The molecule has 0 fully saturated rings. The fourth-order valence-electron chi connectivity index (χ4n) is 3.39. The van der Waals surface area contributed by atoms with Gasteiger partial charge in [-0.3, -0.25) is 4.79 Å². The Morgan fingerprint density at radius 3 is 2.71 bits per heavy atom. The molecule has 0 aromatic heterocycles. The van der Waals surface area contributed by atoms with Gasteiger partial charge in [0.2, 0.25) is 0 Å². The molecule has 1 aliphatic heterocycles. The van der Waals surface area contributed by atoms with E-state index in [1.165, 1.54) is 11.3 Å². The van der Waals surface area contributed by atoms with Crippen LogP contribution in [0.25, 0.3) is 10.8 Å². The summed E-state index contributed by atoms with van der Waals surface area (Å²) in [5, 5.41) is 5.26. The molecule has 120 valence electrons. The predicted molar refractivity (Wildman–Crippen MR) is 99.9 cm³/mol. The van der Waals surface area contributed by atoms with Gasteiger partial charge in [0.25, 0.3) is 5.91 Å². The van der Waals surface area contributed by atoms with E-state index in [1.54, 1.807) is 0 Å². The van der Waals surface area contributed by atoms with Crippen molar-refractivity contribution in [3.05, 3.63) is 71.8 Å². The minimum atomic E-state index is -0.0678. The highest BCUT2D eigenvalue weighted by molar-refractivity contribution is 6.06. The molecule has 3 aromatic rings. The number of amides is 1. The number of carbonyl (C=O) groups excluding carboxylic acids is 1. The van der Waals surface area contributed by atoms with Crippen molar-refractivity contribution in [2.75, 3.05) is 23.3 Å². The van der Waals surface area contributed by atoms with Gasteiger partial charge >= 0.3 is 0 Å². The van der Waals surface area contributed by atoms with Gasteiger partial charge in [0.05, 0.1) is 0 Å². The second kappa shape index (κ2) is 6.00. The van der Waals surface area contributed by atoms with Gasteiger partial charge in [-0.2, -0.15) is 0 Å². The van der Waals surface area contributed by atoms with Gasteiger partial charge in [-0.1, -0.05) is 36.4 Å². The van der Waals surface area contributed by atoms with Gasteiger partial charge < -0.3 is 10.2 Å². The van der Waals surface area contributed by atoms with Crippen LogP contribution in [-0.2, 0) is 6.42 Å². The molecule has 0 bridgehead atoms. The molecule has 1 aliphatic rings. The third-order valence-corrected chi connectivity index (χ3v) is 4.73. The normalized spacial score (nSPS) is 13.1. The predicted octanol–water partition coefficient (Wildman–Crippen LogP) is 4.47. The number of fused-ring (bicyclic) bond motifs is 2. The van der Waals surface area contributed by atoms with Crippen LogP contribution in [0.2, 0.25) is 0 Å². The first-order chi connectivity index (χ1) is 11.7. The maximum absolute atomic E-state index is 12.6. The minimum absolute atomic E-state index is 0.0678. The van der Waals surface area contributed by atoms with E-state index in [1.807, 2.05) is 42.5 Å². The van der Waals surface area contributed by atoms with Crippen molar-refractivity contribution in [1.82, 2.24) is 0 Å². The number of hydrogen-bond donors (Lipinski definition) is 1. The smallest absolute Gasteiger partial charge is 0.255 e. The number of anilines is 2. The molecule has 0 aliphatic carbocycles. The Labute approximate surface area is 141 Å². The topological polar surface area (TPSA) is 32.3 Å². The van der Waals surface area contributed by atoms with Gasteiger partial charge in [0, 0.05) is 30.0 Å². The second-order valence-corrected chi connectivity index (χ2v) is 6.19. The summed E-state index contributed by atoms with van der Waals surface area (Å²) in [6, 6.07) is 20.1. The molecule has 1 N–H and O–H groups in total. The van der Waals surface area contributed by atoms with Gasteiger partial charge in [-0.05, 0) is 53.9 Å². The SMILES string of the molecule is CCN1CCc2ccc(NC(=O)c3ccc4ccccc4c3)cc21. The largest absolute Gasteiger partial charge is 0.371 e. The zero-order chi connectivity index (χ0) is 16.5. The lowest BCUT2D eigenvalue weighted by Gasteiger charge is -2.17. The molecule has 0 spiro atoms. The molecular weight excluding hydrogens is 296 g/mol. The molecule has 0 saturated carbocycles. The third kappa shape index (κ3) is 2.62. The Balaban J connectivity index is 1.59. The van der Waals surface area contributed by atoms with Crippen molar-refractivity contribution in [2.24, 2.45) is 0 Å². The molecule has 3 heteroatoms. The first-order valence-corrected chi connectivity index (χ1v) is 8.42. The van der Waals surface area contributed by atoms with E-state index in [-0.39, 0.29) is 5.91 Å². The van der Waals surface area contributed by atoms with Crippen LogP contribution in [0, 0.1) is 0 Å². The highest BCUT2D eigenvalue weighted by Gasteiger charge is 2.18. The van der Waals surface area contributed by atoms with Crippen molar-refractivity contribution in [3.63, 3.8) is 0 Å². The summed E-state index contributed by atoms with van der Waals surface area (Å²) in [5.41, 5.74) is 4.14. The minimum Gasteiger partial charge on any atom is -0.371 e. The highest BCUT2D eigenvalue weighted by atomic mass is 16.1. The highest BCUT2D eigenvalue weighted by Crippen LogP contribution is 2.30. The molecule has 1 amide bonds. The van der Waals surface area contributed by atoms with E-state index in [2.05, 4.69) is 35.3 Å². The van der Waals surface area contributed by atoms with E-state index in [0.717, 1.165) is 36.0 Å². The number of nitrogens with zero attached hydrogens (tertiary/aromatic N) is 1. The van der Waals surface area contributed by atoms with Gasteiger partial charge in [0.15, 0.2) is 0 Å². The lowest BCUT2D eigenvalue weighted by Crippen LogP contribution is -2.19. The number of likely N-dealkylation sites (N-methyl/N-ethyl adjacent to an activating group) is 1. The Kier molecular flexibility index (Phi) is 3.69. The molecule has 0 unspecified atom stereocenters. The molecule has 1 heterocycles. The fourth-order valence-corrected chi connectivity index (χ4v) is 3.39. The maximum Gasteiger partial charge on any atom is 0.255 e. The van der Waals surface area contributed by atoms with Crippen molar-refractivity contribution in [3.8, 4) is 0 Å². The van der Waals surface area contributed by atoms with Crippen molar-refractivity contribution < 1.29 is 4.79 Å². The van der Waals surface area contributed by atoms with Crippen molar-refractivity contribution >= 4 is 28.1 Å². The number of nitrogens with one attached hydrogen (secondary N) is 1. The summed E-state index contributed by atoms with van der Waals surface area (Å²) < 4.78 is 0. The summed E-state index contributed by atoms with van der Waals surface area (Å²) in [4.78, 5) is 14.9. The Hall–Kier alpha value is -2.81. The maximum atomic E-state index is 12.6. The van der Waals surface area contributed by atoms with E-state index in [0.29, 0.717) is 5.56 Å².